The van der Waals surface area contributed by atoms with Gasteiger partial charge in [-0.25, -0.2) is 4.98 Å². The first kappa shape index (κ1) is 16.2. The Morgan fingerprint density at radius 3 is 3.00 bits per heavy atom. The summed E-state index contributed by atoms with van der Waals surface area (Å²) >= 11 is 1.78. The second kappa shape index (κ2) is 7.29. The Labute approximate surface area is 150 Å². The molecule has 0 radical (unpaired) electrons. The highest BCUT2D eigenvalue weighted by Gasteiger charge is 2.26. The van der Waals surface area contributed by atoms with Crippen LogP contribution in [0.15, 0.2) is 52.8 Å². The molecule has 0 unspecified atom stereocenters. The summed E-state index contributed by atoms with van der Waals surface area (Å²) in [5, 5.41) is 2.11. The SMILES string of the molecule is O=c1cc([C@H]2CCCCN2Cc2cccs2)nc(-c2ccccn2)[nH]1. The smallest absolute Gasteiger partial charge is 0.251 e. The summed E-state index contributed by atoms with van der Waals surface area (Å²) in [6.07, 6.45) is 5.10. The van der Waals surface area contributed by atoms with Crippen molar-refractivity contribution < 1.29 is 0 Å². The van der Waals surface area contributed by atoms with Crippen molar-refractivity contribution in [3.05, 3.63) is 68.9 Å². The van der Waals surface area contributed by atoms with Crippen molar-refractivity contribution in [3.63, 3.8) is 0 Å². The lowest BCUT2D eigenvalue weighted by atomic mass is 9.99. The van der Waals surface area contributed by atoms with Crippen molar-refractivity contribution in [1.82, 2.24) is 19.9 Å². The highest BCUT2D eigenvalue weighted by Crippen LogP contribution is 2.31. The average Bonchev–Trinajstić information content (AvgIpc) is 3.15. The molecule has 0 amide bonds. The number of thiophene rings is 1. The summed E-state index contributed by atoms with van der Waals surface area (Å²) in [4.78, 5) is 27.9. The van der Waals surface area contributed by atoms with Crippen molar-refractivity contribution in [1.29, 1.82) is 0 Å². The fraction of sp³-hybridized carbons (Fsp3) is 0.316. The molecular formula is C19H20N4OS. The van der Waals surface area contributed by atoms with Gasteiger partial charge in [0.2, 0.25) is 0 Å². The molecule has 4 rings (SSSR count). The molecule has 1 aliphatic rings. The number of nitrogens with zero attached hydrogens (tertiary/aromatic N) is 3. The maximum Gasteiger partial charge on any atom is 0.251 e. The lowest BCUT2D eigenvalue weighted by Crippen LogP contribution is -2.34. The standard InChI is InChI=1S/C19H20N4OS/c24-18-12-16(21-19(22-18)15-7-1-3-9-20-15)17-8-2-4-10-23(17)13-14-6-5-11-25-14/h1,3,5-7,9,11-12,17H,2,4,8,10,13H2,(H,21,22,24)/t17-/m1/s1. The summed E-state index contributed by atoms with van der Waals surface area (Å²) in [5.41, 5.74) is 1.43. The lowest BCUT2D eigenvalue weighted by molar-refractivity contribution is 0.138. The van der Waals surface area contributed by atoms with Gasteiger partial charge in [-0.15, -0.1) is 11.3 Å². The van der Waals surface area contributed by atoms with E-state index in [1.807, 2.05) is 18.2 Å². The Kier molecular flexibility index (Phi) is 4.72. The zero-order valence-electron chi connectivity index (χ0n) is 13.9. The summed E-state index contributed by atoms with van der Waals surface area (Å²) in [7, 11) is 0. The van der Waals surface area contributed by atoms with Crippen LogP contribution in [0.25, 0.3) is 11.5 Å². The van der Waals surface area contributed by atoms with Gasteiger partial charge in [0.05, 0.1) is 11.7 Å². The van der Waals surface area contributed by atoms with Crippen LogP contribution in [0.4, 0.5) is 0 Å². The van der Waals surface area contributed by atoms with E-state index in [-0.39, 0.29) is 11.6 Å². The molecule has 0 spiro atoms. The number of pyridine rings is 1. The fourth-order valence-electron chi connectivity index (χ4n) is 3.39. The molecule has 0 aromatic carbocycles. The normalized spacial score (nSPS) is 18.3. The van der Waals surface area contributed by atoms with Crippen LogP contribution in [0.5, 0.6) is 0 Å². The molecule has 3 aromatic heterocycles. The van der Waals surface area contributed by atoms with E-state index >= 15 is 0 Å². The highest BCUT2D eigenvalue weighted by atomic mass is 32.1. The molecule has 6 heteroatoms. The Hall–Kier alpha value is -2.31. The molecule has 128 valence electrons. The number of aromatic amines is 1. The van der Waals surface area contributed by atoms with Gasteiger partial charge < -0.3 is 4.98 Å². The Balaban J connectivity index is 1.67. The van der Waals surface area contributed by atoms with Crippen LogP contribution in [-0.2, 0) is 6.54 Å². The molecule has 25 heavy (non-hydrogen) atoms. The molecule has 1 atom stereocenters. The van der Waals surface area contributed by atoms with Crippen LogP contribution in [0.2, 0.25) is 0 Å². The molecule has 1 N–H and O–H groups in total. The van der Waals surface area contributed by atoms with Crippen LogP contribution in [0, 0.1) is 0 Å². The zero-order valence-corrected chi connectivity index (χ0v) is 14.7. The largest absolute Gasteiger partial charge is 0.305 e. The maximum atomic E-state index is 12.2. The third-order valence-corrected chi connectivity index (χ3v) is 5.42. The Bertz CT molecular complexity index is 876. The molecular weight excluding hydrogens is 332 g/mol. The number of likely N-dealkylation sites (tertiary alicyclic amines) is 1. The fourth-order valence-corrected chi connectivity index (χ4v) is 4.12. The van der Waals surface area contributed by atoms with Crippen molar-refractivity contribution in [2.24, 2.45) is 0 Å². The minimum Gasteiger partial charge on any atom is -0.305 e. The van der Waals surface area contributed by atoms with E-state index in [4.69, 9.17) is 4.98 Å². The predicted molar refractivity (Wildman–Crippen MR) is 99.4 cm³/mol. The van der Waals surface area contributed by atoms with Gasteiger partial charge in [-0.05, 0) is 43.0 Å². The van der Waals surface area contributed by atoms with Gasteiger partial charge >= 0.3 is 0 Å². The van der Waals surface area contributed by atoms with E-state index < -0.39 is 0 Å². The van der Waals surface area contributed by atoms with Crippen LogP contribution in [0.3, 0.4) is 0 Å². The lowest BCUT2D eigenvalue weighted by Gasteiger charge is -2.35. The monoisotopic (exact) mass is 352 g/mol. The van der Waals surface area contributed by atoms with Crippen molar-refractivity contribution >= 4 is 11.3 Å². The Morgan fingerprint density at radius 1 is 1.24 bits per heavy atom. The molecule has 0 aliphatic carbocycles. The van der Waals surface area contributed by atoms with Gasteiger partial charge in [-0.1, -0.05) is 18.6 Å². The van der Waals surface area contributed by atoms with E-state index in [1.54, 1.807) is 23.6 Å². The van der Waals surface area contributed by atoms with Gasteiger partial charge in [-0.3, -0.25) is 14.7 Å². The average molecular weight is 352 g/mol. The van der Waals surface area contributed by atoms with Gasteiger partial charge in [0, 0.05) is 23.7 Å². The van der Waals surface area contributed by atoms with E-state index in [1.165, 1.54) is 17.7 Å². The number of nitrogens with one attached hydrogen (secondary N) is 1. The van der Waals surface area contributed by atoms with Crippen LogP contribution in [0.1, 0.15) is 35.9 Å². The van der Waals surface area contributed by atoms with Gasteiger partial charge in [0.1, 0.15) is 5.69 Å². The molecule has 3 aromatic rings. The Morgan fingerprint density at radius 2 is 2.20 bits per heavy atom. The number of hydrogen-bond acceptors (Lipinski definition) is 5. The minimum atomic E-state index is -0.118. The maximum absolute atomic E-state index is 12.2. The second-order valence-electron chi connectivity index (χ2n) is 6.30. The van der Waals surface area contributed by atoms with E-state index in [0.717, 1.165) is 25.2 Å². The summed E-state index contributed by atoms with van der Waals surface area (Å²) in [6, 6.07) is 11.7. The quantitative estimate of drug-likeness (QED) is 0.779. The van der Waals surface area contributed by atoms with E-state index in [9.17, 15) is 4.79 Å². The van der Waals surface area contributed by atoms with Gasteiger partial charge in [0.25, 0.3) is 5.56 Å². The van der Waals surface area contributed by atoms with E-state index in [0.29, 0.717) is 11.5 Å². The zero-order chi connectivity index (χ0) is 17.1. The van der Waals surface area contributed by atoms with Crippen LogP contribution >= 0.6 is 11.3 Å². The van der Waals surface area contributed by atoms with Crippen molar-refractivity contribution in [3.8, 4) is 11.5 Å². The summed E-state index contributed by atoms with van der Waals surface area (Å²) in [5.74, 6) is 0.546. The predicted octanol–water partition coefficient (Wildman–Crippen LogP) is 3.62. The number of aromatic nitrogens is 3. The molecule has 4 heterocycles. The molecule has 5 nitrogen and oxygen atoms in total. The van der Waals surface area contributed by atoms with Gasteiger partial charge in [0.15, 0.2) is 5.82 Å². The van der Waals surface area contributed by atoms with Crippen LogP contribution in [-0.4, -0.2) is 26.4 Å². The topological polar surface area (TPSA) is 61.9 Å². The van der Waals surface area contributed by atoms with E-state index in [2.05, 4.69) is 32.4 Å². The van der Waals surface area contributed by atoms with Crippen molar-refractivity contribution in [2.45, 2.75) is 31.8 Å². The molecule has 1 saturated heterocycles. The number of piperidine rings is 1. The third-order valence-electron chi connectivity index (χ3n) is 4.56. The minimum absolute atomic E-state index is 0.118. The first-order valence-electron chi connectivity index (χ1n) is 8.59. The van der Waals surface area contributed by atoms with Crippen LogP contribution < -0.4 is 5.56 Å². The van der Waals surface area contributed by atoms with Gasteiger partial charge in [-0.2, -0.15) is 0 Å². The molecule has 1 fully saturated rings. The van der Waals surface area contributed by atoms with Crippen molar-refractivity contribution in [2.75, 3.05) is 6.54 Å². The molecule has 0 bridgehead atoms. The number of H-pyrrole nitrogens is 1. The summed E-state index contributed by atoms with van der Waals surface area (Å²) in [6.45, 7) is 1.95. The third kappa shape index (κ3) is 3.70. The first-order chi connectivity index (χ1) is 12.3. The highest BCUT2D eigenvalue weighted by molar-refractivity contribution is 7.09. The first-order valence-corrected chi connectivity index (χ1v) is 9.47. The second-order valence-corrected chi connectivity index (χ2v) is 7.33. The summed E-state index contributed by atoms with van der Waals surface area (Å²) < 4.78 is 0. The molecule has 1 aliphatic heterocycles. The molecule has 0 saturated carbocycles. The number of hydrogen-bond donors (Lipinski definition) is 1. The number of rotatable bonds is 4.